The molecule has 10 heteroatoms. The Labute approximate surface area is 214 Å². The molecule has 2 aromatic carbocycles. The Kier molecular flexibility index (Phi) is 7.93. The highest BCUT2D eigenvalue weighted by molar-refractivity contribution is 5.98. The number of nitrogen functional groups attached to an aromatic ring is 1. The molecule has 0 atom stereocenters. The van der Waals surface area contributed by atoms with Crippen molar-refractivity contribution in [3.63, 3.8) is 0 Å². The van der Waals surface area contributed by atoms with Gasteiger partial charge >= 0.3 is 17.9 Å². The van der Waals surface area contributed by atoms with E-state index in [9.17, 15) is 14.4 Å². The number of nitrogens with two attached hydrogens (primary N) is 1. The van der Waals surface area contributed by atoms with E-state index < -0.39 is 23.5 Å². The molecule has 10 nitrogen and oxygen atoms in total. The number of carbonyl (C=O) groups is 3. The summed E-state index contributed by atoms with van der Waals surface area (Å²) in [5.41, 5.74) is 11.3. The van der Waals surface area contributed by atoms with Gasteiger partial charge in [-0.05, 0) is 82.9 Å². The van der Waals surface area contributed by atoms with Crippen molar-refractivity contribution in [2.45, 2.75) is 54.1 Å². The van der Waals surface area contributed by atoms with Crippen LogP contribution >= 0.6 is 0 Å². The molecular weight excluding hydrogens is 476 g/mol. The third-order valence-electron chi connectivity index (χ3n) is 5.45. The number of ether oxygens (including phenoxy) is 1. The second kappa shape index (κ2) is 10.8. The topological polar surface area (TPSA) is 149 Å². The van der Waals surface area contributed by atoms with Crippen molar-refractivity contribution in [2.24, 2.45) is 5.84 Å². The number of carbonyl (C=O) groups excluding carboxylic acids is 3. The Morgan fingerprint density at radius 3 is 1.57 bits per heavy atom. The molecule has 0 aliphatic rings. The standard InChI is InChI=1S/C16H20N2O4.C11H12N2O2/c1-9-6-7-10(2)13-11(9)8-12(21-13)14(19)17-18-15(20)22-16(3,4)5;1-6-3-4-7(2)10-8(6)5-9(15-10)11(14)13-12/h6-8H,1-5H3,(H,17,19)(H,18,20);3-5H,12H2,1-2H3,(H,13,14). The lowest BCUT2D eigenvalue weighted by Gasteiger charge is -2.19. The molecule has 4 aromatic rings. The molecule has 0 saturated carbocycles. The summed E-state index contributed by atoms with van der Waals surface area (Å²) in [5, 5.41) is 1.83. The van der Waals surface area contributed by atoms with Gasteiger partial charge in [0.2, 0.25) is 0 Å². The maximum atomic E-state index is 12.0. The molecule has 4 rings (SSSR count). The maximum Gasteiger partial charge on any atom is 0.426 e. The zero-order valence-corrected chi connectivity index (χ0v) is 22.0. The Hall–Kier alpha value is -4.31. The minimum absolute atomic E-state index is 0.128. The van der Waals surface area contributed by atoms with Gasteiger partial charge in [0.1, 0.15) is 16.8 Å². The van der Waals surface area contributed by atoms with Crippen LogP contribution in [0.15, 0.2) is 45.2 Å². The van der Waals surface area contributed by atoms with Gasteiger partial charge in [0, 0.05) is 10.8 Å². The highest BCUT2D eigenvalue weighted by atomic mass is 16.6. The van der Waals surface area contributed by atoms with E-state index in [-0.39, 0.29) is 11.5 Å². The molecule has 2 heterocycles. The molecule has 5 N–H and O–H groups in total. The number of hydrazine groups is 2. The van der Waals surface area contributed by atoms with Gasteiger partial charge in [0.15, 0.2) is 11.5 Å². The molecule has 0 bridgehead atoms. The molecule has 2 aromatic heterocycles. The van der Waals surface area contributed by atoms with E-state index in [2.05, 4.69) is 10.9 Å². The summed E-state index contributed by atoms with van der Waals surface area (Å²) in [5.74, 6) is 4.46. The number of fused-ring (bicyclic) bond motifs is 2. The lowest BCUT2D eigenvalue weighted by atomic mass is 10.1. The smallest absolute Gasteiger partial charge is 0.426 e. The first-order chi connectivity index (χ1) is 17.3. The van der Waals surface area contributed by atoms with Gasteiger partial charge in [-0.25, -0.2) is 16.1 Å². The third kappa shape index (κ3) is 6.47. The molecule has 0 saturated heterocycles. The normalized spacial score (nSPS) is 11.0. The van der Waals surface area contributed by atoms with Crippen molar-refractivity contribution in [3.05, 3.63) is 70.2 Å². The lowest BCUT2D eigenvalue weighted by Crippen LogP contribution is -2.44. The fourth-order valence-corrected chi connectivity index (χ4v) is 3.55. The van der Waals surface area contributed by atoms with E-state index >= 15 is 0 Å². The van der Waals surface area contributed by atoms with Crippen molar-refractivity contribution >= 4 is 39.8 Å². The predicted octanol–water partition coefficient (Wildman–Crippen LogP) is 4.87. The van der Waals surface area contributed by atoms with Gasteiger partial charge in [-0.15, -0.1) is 0 Å². The molecule has 0 radical (unpaired) electrons. The van der Waals surface area contributed by atoms with Gasteiger partial charge in [-0.1, -0.05) is 24.3 Å². The molecule has 0 aliphatic heterocycles. The third-order valence-corrected chi connectivity index (χ3v) is 5.45. The Balaban J connectivity index is 0.000000220. The quantitative estimate of drug-likeness (QED) is 0.171. The second-order valence-corrected chi connectivity index (χ2v) is 9.66. The van der Waals surface area contributed by atoms with Crippen LogP contribution in [0.4, 0.5) is 4.79 Å². The van der Waals surface area contributed by atoms with Crippen LogP contribution in [0.2, 0.25) is 0 Å². The van der Waals surface area contributed by atoms with E-state index in [0.717, 1.165) is 38.6 Å². The van der Waals surface area contributed by atoms with Crippen molar-refractivity contribution < 1.29 is 28.0 Å². The average Bonchev–Trinajstić information content (AvgIpc) is 3.48. The van der Waals surface area contributed by atoms with Crippen LogP contribution in [0.5, 0.6) is 0 Å². The zero-order chi connectivity index (χ0) is 27.5. The van der Waals surface area contributed by atoms with Gasteiger partial charge < -0.3 is 13.6 Å². The van der Waals surface area contributed by atoms with Crippen LogP contribution in [0, 0.1) is 27.7 Å². The summed E-state index contributed by atoms with van der Waals surface area (Å²) in [7, 11) is 0. The second-order valence-electron chi connectivity index (χ2n) is 9.66. The first-order valence-corrected chi connectivity index (χ1v) is 11.6. The fourth-order valence-electron chi connectivity index (χ4n) is 3.55. The largest absolute Gasteiger partial charge is 0.451 e. The van der Waals surface area contributed by atoms with E-state index in [4.69, 9.17) is 19.4 Å². The Morgan fingerprint density at radius 1 is 0.730 bits per heavy atom. The van der Waals surface area contributed by atoms with Crippen LogP contribution in [0.1, 0.15) is 64.1 Å². The fraction of sp³-hybridized carbons (Fsp3) is 0.296. The SMILES string of the molecule is Cc1ccc(C)c2oc(C(=O)NN)cc12.Cc1ccc(C)c2oc(C(=O)NNC(=O)OC(C)(C)C)cc12. The predicted molar refractivity (Wildman–Crippen MR) is 140 cm³/mol. The van der Waals surface area contributed by atoms with E-state index in [1.807, 2.05) is 57.4 Å². The average molecular weight is 509 g/mol. The van der Waals surface area contributed by atoms with Gasteiger partial charge in [0.25, 0.3) is 0 Å². The number of rotatable bonds is 2. The van der Waals surface area contributed by atoms with Crippen LogP contribution in [-0.2, 0) is 4.74 Å². The number of nitrogens with one attached hydrogen (secondary N) is 3. The number of hydrogen-bond acceptors (Lipinski definition) is 7. The van der Waals surface area contributed by atoms with Gasteiger partial charge in [-0.2, -0.15) is 0 Å². The number of hydrogen-bond donors (Lipinski definition) is 4. The molecule has 196 valence electrons. The molecule has 3 amide bonds. The maximum absolute atomic E-state index is 12.0. The summed E-state index contributed by atoms with van der Waals surface area (Å²) in [4.78, 5) is 34.8. The van der Waals surface area contributed by atoms with Crippen molar-refractivity contribution in [2.75, 3.05) is 0 Å². The number of furan rings is 2. The number of amides is 3. The zero-order valence-electron chi connectivity index (χ0n) is 22.0. The minimum atomic E-state index is -0.732. The Morgan fingerprint density at radius 2 is 1.16 bits per heavy atom. The lowest BCUT2D eigenvalue weighted by molar-refractivity contribution is 0.0481. The van der Waals surface area contributed by atoms with E-state index in [0.29, 0.717) is 5.58 Å². The van der Waals surface area contributed by atoms with Crippen molar-refractivity contribution in [3.8, 4) is 0 Å². The summed E-state index contributed by atoms with van der Waals surface area (Å²) in [6.45, 7) is 13.0. The van der Waals surface area contributed by atoms with E-state index in [1.165, 1.54) is 0 Å². The molecule has 0 unspecified atom stereocenters. The minimum Gasteiger partial charge on any atom is -0.451 e. The first kappa shape index (κ1) is 27.3. The molecule has 0 fully saturated rings. The summed E-state index contributed by atoms with van der Waals surface area (Å²) < 4.78 is 16.0. The molecule has 0 spiro atoms. The summed E-state index contributed by atoms with van der Waals surface area (Å²) >= 11 is 0. The van der Waals surface area contributed by atoms with Crippen molar-refractivity contribution in [1.82, 2.24) is 16.3 Å². The van der Waals surface area contributed by atoms with Crippen LogP contribution in [-0.4, -0.2) is 23.5 Å². The van der Waals surface area contributed by atoms with Gasteiger partial charge in [-0.3, -0.25) is 20.4 Å². The summed E-state index contributed by atoms with van der Waals surface area (Å²) in [6, 6.07) is 11.2. The van der Waals surface area contributed by atoms with Crippen LogP contribution in [0.25, 0.3) is 21.9 Å². The van der Waals surface area contributed by atoms with Crippen LogP contribution < -0.4 is 22.1 Å². The molecule has 37 heavy (non-hydrogen) atoms. The monoisotopic (exact) mass is 508 g/mol. The van der Waals surface area contributed by atoms with E-state index in [1.54, 1.807) is 32.9 Å². The van der Waals surface area contributed by atoms with Crippen LogP contribution in [0.3, 0.4) is 0 Å². The highest BCUT2D eigenvalue weighted by Gasteiger charge is 2.19. The highest BCUT2D eigenvalue weighted by Crippen LogP contribution is 2.26. The molecular formula is C27H32N4O6. The number of aryl methyl sites for hydroxylation is 4. The van der Waals surface area contributed by atoms with Gasteiger partial charge in [0.05, 0.1) is 0 Å². The number of benzene rings is 2. The molecule has 0 aliphatic carbocycles. The Bertz CT molecular complexity index is 1400. The summed E-state index contributed by atoms with van der Waals surface area (Å²) in [6.07, 6.45) is -0.732. The first-order valence-electron chi connectivity index (χ1n) is 11.6. The van der Waals surface area contributed by atoms with Crippen molar-refractivity contribution in [1.29, 1.82) is 0 Å².